The number of terminal acetylenes is 1. The van der Waals surface area contributed by atoms with Crippen LogP contribution < -0.4 is 31.7 Å². The molecule has 5 rings (SSSR count). The number of β-amino-alcohol motifs (C(OH)–C–C–N with tert-alkyl or cyclic N) is 1. The van der Waals surface area contributed by atoms with Crippen molar-refractivity contribution in [1.82, 2.24) is 30.6 Å². The number of hydrogen-bond donors (Lipinski definition) is 5. The molecule has 2 saturated heterocycles. The third-order valence-corrected chi connectivity index (χ3v) is 11.0. The highest BCUT2D eigenvalue weighted by Crippen LogP contribution is 2.33. The van der Waals surface area contributed by atoms with Crippen LogP contribution in [0.4, 0.5) is 11.5 Å². The van der Waals surface area contributed by atoms with Gasteiger partial charge < -0.3 is 41.7 Å². The van der Waals surface area contributed by atoms with E-state index in [1.165, 1.54) is 16.7 Å². The Hall–Kier alpha value is -5.30. The molecule has 0 aliphatic carbocycles. The number of methoxy groups -OCH3 is 1. The van der Waals surface area contributed by atoms with Crippen LogP contribution in [0.1, 0.15) is 58.2 Å². The van der Waals surface area contributed by atoms with E-state index >= 15 is 0 Å². The molecule has 0 bridgehead atoms. The molecule has 298 valence electrons. The van der Waals surface area contributed by atoms with Gasteiger partial charge in [-0.25, -0.2) is 0 Å². The number of hydrogen-bond acceptors (Lipinski definition) is 12. The van der Waals surface area contributed by atoms with Crippen LogP contribution >= 0.6 is 11.8 Å². The van der Waals surface area contributed by atoms with Gasteiger partial charge in [-0.2, -0.15) is 0 Å². The Morgan fingerprint density at radius 2 is 1.75 bits per heavy atom. The van der Waals surface area contributed by atoms with Crippen LogP contribution in [0.25, 0.3) is 16.2 Å². The molecule has 14 nitrogen and oxygen atoms in total. The van der Waals surface area contributed by atoms with E-state index in [0.717, 1.165) is 27.3 Å². The first-order chi connectivity index (χ1) is 26.6. The molecule has 0 spiro atoms. The van der Waals surface area contributed by atoms with Crippen molar-refractivity contribution >= 4 is 45.9 Å². The van der Waals surface area contributed by atoms with Crippen molar-refractivity contribution in [2.45, 2.75) is 65.3 Å². The molecule has 2 fully saturated rings. The number of aliphatic hydroxyl groups is 1. The standard InChI is InChI=1S/C41H53N9O5S/c1-8-56-36(25(2)42)28-15-13-27(14-16-28)26(3)44-39(53)33-21-29(51)23-50(33)40(54)37(41(4,5)6)45-35(52)24-48-17-19-49(20-18-48)32-22-31(46-47-38(32)43)30-11-9-10-12-34(30)55-7/h1,9-16,22,26,29,33,37,51H,17-21,23-24,42H2,2-7H3,(H2,43,47)(H,44,53)(H,45,52)/b36-25-/t26-,29+,33-,37+/m0/s1. The Balaban J connectivity index is 1.20. The van der Waals surface area contributed by atoms with Gasteiger partial charge in [-0.1, -0.05) is 57.2 Å². The quantitative estimate of drug-likeness (QED) is 0.169. The van der Waals surface area contributed by atoms with Crippen LogP contribution in [-0.4, -0.2) is 107 Å². The van der Waals surface area contributed by atoms with Crippen molar-refractivity contribution in [3.05, 3.63) is 71.4 Å². The van der Waals surface area contributed by atoms with Crippen molar-refractivity contribution in [2.75, 3.05) is 57.0 Å². The van der Waals surface area contributed by atoms with Crippen molar-refractivity contribution in [3.8, 4) is 28.7 Å². The number of nitrogen functional groups attached to an aromatic ring is 1. The zero-order chi connectivity index (χ0) is 40.7. The van der Waals surface area contributed by atoms with Crippen LogP contribution in [0.5, 0.6) is 5.75 Å². The monoisotopic (exact) mass is 783 g/mol. The summed E-state index contributed by atoms with van der Waals surface area (Å²) in [5.74, 6) is -0.118. The lowest BCUT2D eigenvalue weighted by molar-refractivity contribution is -0.144. The van der Waals surface area contributed by atoms with E-state index in [1.54, 1.807) is 14.0 Å². The molecule has 0 radical (unpaired) electrons. The molecule has 3 heterocycles. The van der Waals surface area contributed by atoms with Gasteiger partial charge in [0.15, 0.2) is 5.82 Å². The number of anilines is 2. The number of likely N-dealkylation sites (tertiary alicyclic amines) is 1. The number of nitrogens with two attached hydrogens (primary N) is 2. The average molecular weight is 784 g/mol. The first kappa shape index (κ1) is 41.9. The highest BCUT2D eigenvalue weighted by Gasteiger charge is 2.45. The SMILES string of the molecule is C#CS/C(=C(/C)N)c1ccc([C@H](C)NC(=O)[C@@H]2C[C@@H](O)CN2C(=O)[C@@H](NC(=O)CN2CCN(c3cc(-c4ccccc4OC)nnc3N)CC2)C(C)(C)C)cc1. The van der Waals surface area contributed by atoms with E-state index in [2.05, 4.69) is 31.0 Å². The summed E-state index contributed by atoms with van der Waals surface area (Å²) >= 11 is 1.21. The van der Waals surface area contributed by atoms with Gasteiger partial charge >= 0.3 is 0 Å². The molecular weight excluding hydrogens is 731 g/mol. The van der Waals surface area contributed by atoms with E-state index < -0.39 is 35.6 Å². The van der Waals surface area contributed by atoms with Gasteiger partial charge in [0.25, 0.3) is 0 Å². The number of rotatable bonds is 12. The lowest BCUT2D eigenvalue weighted by atomic mass is 9.85. The van der Waals surface area contributed by atoms with Crippen molar-refractivity contribution < 1.29 is 24.2 Å². The molecule has 1 aromatic heterocycles. The molecule has 56 heavy (non-hydrogen) atoms. The molecule has 7 N–H and O–H groups in total. The van der Waals surface area contributed by atoms with E-state index in [9.17, 15) is 19.5 Å². The highest BCUT2D eigenvalue weighted by atomic mass is 32.2. The Kier molecular flexibility index (Phi) is 13.5. The van der Waals surface area contributed by atoms with Crippen molar-refractivity contribution in [3.63, 3.8) is 0 Å². The van der Waals surface area contributed by atoms with Gasteiger partial charge in [-0.3, -0.25) is 19.3 Å². The normalized spacial score (nSPS) is 19.0. The maximum absolute atomic E-state index is 14.2. The summed E-state index contributed by atoms with van der Waals surface area (Å²) in [6.07, 6.45) is 4.69. The number of ether oxygens (including phenoxy) is 1. The zero-order valence-corrected chi connectivity index (χ0v) is 33.7. The number of aliphatic hydroxyl groups excluding tert-OH is 1. The Labute approximate surface area is 333 Å². The summed E-state index contributed by atoms with van der Waals surface area (Å²) in [6, 6.07) is 14.8. The minimum atomic E-state index is -0.938. The van der Waals surface area contributed by atoms with Crippen LogP contribution in [-0.2, 0) is 14.4 Å². The average Bonchev–Trinajstić information content (AvgIpc) is 3.57. The van der Waals surface area contributed by atoms with Crippen molar-refractivity contribution in [1.29, 1.82) is 0 Å². The topological polar surface area (TPSA) is 192 Å². The molecule has 0 unspecified atom stereocenters. The number of benzene rings is 2. The fraction of sp³-hybridized carbons (Fsp3) is 0.439. The molecule has 15 heteroatoms. The predicted molar refractivity (Wildman–Crippen MR) is 221 cm³/mol. The molecule has 4 atom stereocenters. The fourth-order valence-corrected chi connectivity index (χ4v) is 7.58. The van der Waals surface area contributed by atoms with Gasteiger partial charge in [0.05, 0.1) is 37.2 Å². The Bertz CT molecular complexity index is 1960. The zero-order valence-electron chi connectivity index (χ0n) is 32.9. The summed E-state index contributed by atoms with van der Waals surface area (Å²) in [5, 5.41) is 27.7. The molecule has 3 amide bonds. The van der Waals surface area contributed by atoms with Gasteiger partial charge in [-0.15, -0.1) is 16.6 Å². The van der Waals surface area contributed by atoms with Gasteiger partial charge in [0.2, 0.25) is 17.7 Å². The van der Waals surface area contributed by atoms with Gasteiger partial charge in [0, 0.05) is 55.3 Å². The minimum absolute atomic E-state index is 0.0173. The van der Waals surface area contributed by atoms with Gasteiger partial charge in [0.1, 0.15) is 17.8 Å². The summed E-state index contributed by atoms with van der Waals surface area (Å²) in [5.41, 5.74) is 16.1. The number of carbonyl (C=O) groups is 3. The minimum Gasteiger partial charge on any atom is -0.496 e. The van der Waals surface area contributed by atoms with Crippen LogP contribution in [0.3, 0.4) is 0 Å². The summed E-state index contributed by atoms with van der Waals surface area (Å²) in [4.78, 5) is 47.7. The number of piperazine rings is 1. The third kappa shape index (κ3) is 9.92. The van der Waals surface area contributed by atoms with Crippen LogP contribution in [0.15, 0.2) is 60.3 Å². The number of thioether (sulfide) groups is 1. The lowest BCUT2D eigenvalue weighted by Crippen LogP contribution is -2.59. The predicted octanol–water partition coefficient (Wildman–Crippen LogP) is 3.20. The van der Waals surface area contributed by atoms with Crippen molar-refractivity contribution in [2.24, 2.45) is 11.1 Å². The number of aromatic nitrogens is 2. The van der Waals surface area contributed by atoms with E-state index in [1.807, 2.05) is 87.2 Å². The second kappa shape index (κ2) is 18.1. The third-order valence-electron chi connectivity index (χ3n) is 10.1. The molecule has 2 aliphatic rings. The van der Waals surface area contributed by atoms with E-state index in [0.29, 0.717) is 49.1 Å². The first-order valence-corrected chi connectivity index (χ1v) is 19.4. The lowest BCUT2D eigenvalue weighted by Gasteiger charge is -2.38. The highest BCUT2D eigenvalue weighted by molar-refractivity contribution is 8.12. The smallest absolute Gasteiger partial charge is 0.246 e. The Morgan fingerprint density at radius 1 is 1.07 bits per heavy atom. The number of nitrogens with zero attached hydrogens (tertiary/aromatic N) is 5. The van der Waals surface area contributed by atoms with Gasteiger partial charge in [-0.05, 0) is 65.6 Å². The second-order valence-corrected chi connectivity index (χ2v) is 16.2. The number of nitrogens with one attached hydrogen (secondary N) is 2. The molecule has 2 aliphatic heterocycles. The fourth-order valence-electron chi connectivity index (χ4n) is 7.05. The largest absolute Gasteiger partial charge is 0.496 e. The maximum Gasteiger partial charge on any atom is 0.246 e. The Morgan fingerprint density at radius 3 is 2.38 bits per heavy atom. The number of amides is 3. The summed E-state index contributed by atoms with van der Waals surface area (Å²) in [7, 11) is 1.61. The molecule has 2 aromatic carbocycles. The van der Waals surface area contributed by atoms with E-state index in [-0.39, 0.29) is 31.3 Å². The molecular formula is C41H53N9O5S. The maximum atomic E-state index is 14.2. The number of carbonyl (C=O) groups excluding carboxylic acids is 3. The summed E-state index contributed by atoms with van der Waals surface area (Å²) < 4.78 is 5.51. The second-order valence-electron chi connectivity index (χ2n) is 15.3. The summed E-state index contributed by atoms with van der Waals surface area (Å²) in [6.45, 7) is 11.6. The molecule has 0 saturated carbocycles. The van der Waals surface area contributed by atoms with Crippen LogP contribution in [0.2, 0.25) is 0 Å². The molecule has 3 aromatic rings. The number of para-hydroxylation sites is 1. The number of allylic oxidation sites excluding steroid dienone is 1. The van der Waals surface area contributed by atoms with Crippen LogP contribution in [0, 0.1) is 17.1 Å². The van der Waals surface area contributed by atoms with E-state index in [4.69, 9.17) is 22.6 Å². The first-order valence-electron chi connectivity index (χ1n) is 18.6.